The Hall–Kier alpha value is -0.820. The topological polar surface area (TPSA) is 66.5 Å². The lowest BCUT2D eigenvalue weighted by atomic mass is 9.90. The largest absolute Gasteiger partial charge is 0.355 e. The third kappa shape index (κ3) is 7.62. The van der Waals surface area contributed by atoms with Gasteiger partial charge < -0.3 is 5.32 Å². The second kappa shape index (κ2) is 13.0. The minimum atomic E-state index is -3.64. The molecule has 0 aromatic heterocycles. The van der Waals surface area contributed by atoms with Crippen LogP contribution in [0.25, 0.3) is 0 Å². The summed E-state index contributed by atoms with van der Waals surface area (Å²) in [6.07, 6.45) is 9.16. The Morgan fingerprint density at radius 3 is 2.16 bits per heavy atom. The van der Waals surface area contributed by atoms with Crippen molar-refractivity contribution < 1.29 is 13.2 Å². The van der Waals surface area contributed by atoms with Gasteiger partial charge in [-0.15, -0.1) is 0 Å². The lowest BCUT2D eigenvalue weighted by molar-refractivity contribution is -0.120. The molecule has 0 bridgehead atoms. The van der Waals surface area contributed by atoms with E-state index >= 15 is 0 Å². The maximum Gasteiger partial charge on any atom is 0.244 e. The van der Waals surface area contributed by atoms with Crippen LogP contribution in [0.1, 0.15) is 57.8 Å². The monoisotopic (exact) mass is 487 g/mol. The first-order chi connectivity index (χ1) is 13.9. The van der Waals surface area contributed by atoms with Gasteiger partial charge in [-0.25, -0.2) is 8.42 Å². The molecule has 1 aliphatic heterocycles. The summed E-state index contributed by atoms with van der Waals surface area (Å²) in [5.41, 5.74) is 0. The minimum absolute atomic E-state index is 0. The van der Waals surface area contributed by atoms with Crippen LogP contribution in [0.15, 0.2) is 23.1 Å². The van der Waals surface area contributed by atoms with Gasteiger partial charge in [0.25, 0.3) is 0 Å². The third-order valence-electron chi connectivity index (χ3n) is 5.91. The molecular formula is C23H33Cl2N2O3S. The maximum atomic E-state index is 12.9. The van der Waals surface area contributed by atoms with E-state index in [1.54, 1.807) is 0 Å². The van der Waals surface area contributed by atoms with Crippen LogP contribution >= 0.6 is 23.2 Å². The minimum Gasteiger partial charge on any atom is -0.355 e. The zero-order valence-electron chi connectivity index (χ0n) is 18.0. The summed E-state index contributed by atoms with van der Waals surface area (Å²) in [4.78, 5) is 12.6. The number of hydrogen-bond donors (Lipinski definition) is 1. The van der Waals surface area contributed by atoms with Crippen molar-refractivity contribution in [3.63, 3.8) is 0 Å². The summed E-state index contributed by atoms with van der Waals surface area (Å²) >= 11 is 12.0. The van der Waals surface area contributed by atoms with Gasteiger partial charge in [0.15, 0.2) is 0 Å². The van der Waals surface area contributed by atoms with Crippen molar-refractivity contribution >= 4 is 39.1 Å². The van der Waals surface area contributed by atoms with Gasteiger partial charge in [0.05, 0.1) is 10.9 Å². The molecule has 3 rings (SSSR count). The Labute approximate surface area is 198 Å². The first kappa shape index (κ1) is 28.2. The number of amides is 1. The predicted octanol–water partition coefficient (Wildman–Crippen LogP) is 5.48. The number of nitrogens with one attached hydrogen (secondary N) is 1. The Morgan fingerprint density at radius 1 is 1.00 bits per heavy atom. The molecule has 0 unspecified atom stereocenters. The van der Waals surface area contributed by atoms with E-state index in [-0.39, 0.29) is 30.7 Å². The van der Waals surface area contributed by atoms with Crippen molar-refractivity contribution in [3.8, 4) is 0 Å². The number of nitrogens with zero attached hydrogens (tertiary/aromatic N) is 1. The van der Waals surface area contributed by atoms with Crippen LogP contribution in [-0.4, -0.2) is 38.3 Å². The molecule has 1 aromatic rings. The lowest BCUT2D eigenvalue weighted by Crippen LogP contribution is -2.42. The zero-order valence-corrected chi connectivity index (χ0v) is 20.4. The van der Waals surface area contributed by atoms with Crippen LogP contribution < -0.4 is 5.32 Å². The van der Waals surface area contributed by atoms with E-state index in [1.165, 1.54) is 41.8 Å². The Kier molecular flexibility index (Phi) is 11.9. The molecule has 0 atom stereocenters. The molecule has 2 fully saturated rings. The number of hydrogen-bond acceptors (Lipinski definition) is 3. The lowest BCUT2D eigenvalue weighted by Gasteiger charge is -2.31. The highest BCUT2D eigenvalue weighted by atomic mass is 35.5. The average Bonchev–Trinajstić information content (AvgIpc) is 2.66. The molecule has 5 nitrogen and oxygen atoms in total. The molecule has 31 heavy (non-hydrogen) atoms. The fourth-order valence-electron chi connectivity index (χ4n) is 4.10. The van der Waals surface area contributed by atoms with E-state index in [1.807, 2.05) is 0 Å². The van der Waals surface area contributed by atoms with E-state index in [0.29, 0.717) is 30.6 Å². The van der Waals surface area contributed by atoms with Crippen molar-refractivity contribution in [3.05, 3.63) is 49.0 Å². The molecule has 0 spiro atoms. The zero-order chi connectivity index (χ0) is 20.9. The number of sulfonamides is 1. The van der Waals surface area contributed by atoms with Gasteiger partial charge >= 0.3 is 0 Å². The first-order valence-corrected chi connectivity index (χ1v) is 12.7. The highest BCUT2D eigenvalue weighted by molar-refractivity contribution is 7.89. The molecule has 1 saturated carbocycles. The SMILES string of the molecule is O=C(NCC1CCN(S(=O)(=O)c2ccc(Cl)cc2Cl)CC1)[C]1CCCCCCC1.[CH2].[CH2]. The molecule has 2 aliphatic rings. The number of piperidine rings is 1. The van der Waals surface area contributed by atoms with Crippen molar-refractivity contribution in [1.29, 1.82) is 0 Å². The standard InChI is InChI=1S/C21H29Cl2N2O3S.2CH2/c22-18-8-9-20(19(23)14-18)29(27,28)25-12-10-16(11-13-25)15-24-21(26)17-6-4-2-1-3-5-7-17;;/h8-9,14,16H,1-7,10-13,15H2,(H,24,26);2*1H2. The Balaban J connectivity index is 0.00000240. The van der Waals surface area contributed by atoms with Gasteiger partial charge in [-0.3, -0.25) is 4.79 Å². The molecule has 5 radical (unpaired) electrons. The summed E-state index contributed by atoms with van der Waals surface area (Å²) in [6.45, 7) is 1.47. The number of carbonyl (C=O) groups is 1. The molecule has 1 N–H and O–H groups in total. The maximum absolute atomic E-state index is 12.9. The third-order valence-corrected chi connectivity index (χ3v) is 8.53. The summed E-state index contributed by atoms with van der Waals surface area (Å²) in [6, 6.07) is 4.44. The highest BCUT2D eigenvalue weighted by Gasteiger charge is 2.31. The van der Waals surface area contributed by atoms with Crippen molar-refractivity contribution in [2.75, 3.05) is 19.6 Å². The van der Waals surface area contributed by atoms with Gasteiger partial charge in [-0.1, -0.05) is 70.2 Å². The fraction of sp³-hybridized carbons (Fsp3) is 0.565. The predicted molar refractivity (Wildman–Crippen MR) is 127 cm³/mol. The Bertz CT molecular complexity index is 801. The van der Waals surface area contributed by atoms with Crippen LogP contribution in [-0.2, 0) is 14.8 Å². The number of benzene rings is 1. The number of halogens is 2. The molecular weight excluding hydrogens is 455 g/mol. The molecule has 8 heteroatoms. The highest BCUT2D eigenvalue weighted by Crippen LogP contribution is 2.30. The van der Waals surface area contributed by atoms with Gasteiger partial charge in [0, 0.05) is 24.7 Å². The van der Waals surface area contributed by atoms with Gasteiger partial charge in [-0.05, 0) is 49.8 Å². The van der Waals surface area contributed by atoms with Gasteiger partial charge in [0.2, 0.25) is 15.9 Å². The number of carbonyl (C=O) groups excluding carboxylic acids is 1. The number of rotatable bonds is 5. The van der Waals surface area contributed by atoms with E-state index in [0.717, 1.165) is 44.4 Å². The summed E-state index contributed by atoms with van der Waals surface area (Å²) < 4.78 is 27.2. The summed E-state index contributed by atoms with van der Waals surface area (Å²) in [5.74, 6) is 1.41. The normalized spacial score (nSPS) is 19.4. The smallest absolute Gasteiger partial charge is 0.244 e. The molecule has 1 aromatic carbocycles. The quantitative estimate of drug-likeness (QED) is 0.597. The van der Waals surface area contributed by atoms with Gasteiger partial charge in [-0.2, -0.15) is 4.31 Å². The van der Waals surface area contributed by atoms with Crippen LogP contribution in [0.4, 0.5) is 0 Å². The fourth-order valence-corrected chi connectivity index (χ4v) is 6.31. The molecule has 1 aliphatic carbocycles. The van der Waals surface area contributed by atoms with E-state index in [9.17, 15) is 13.2 Å². The van der Waals surface area contributed by atoms with E-state index < -0.39 is 10.0 Å². The van der Waals surface area contributed by atoms with Crippen LogP contribution in [0.5, 0.6) is 0 Å². The second-order valence-electron chi connectivity index (χ2n) is 8.00. The summed E-state index contributed by atoms with van der Waals surface area (Å²) in [7, 11) is -3.64. The average molecular weight is 489 g/mol. The van der Waals surface area contributed by atoms with E-state index in [4.69, 9.17) is 23.2 Å². The van der Waals surface area contributed by atoms with Crippen LogP contribution in [0, 0.1) is 26.7 Å². The molecule has 1 amide bonds. The molecule has 173 valence electrons. The van der Waals surface area contributed by atoms with Gasteiger partial charge in [0.1, 0.15) is 4.90 Å². The van der Waals surface area contributed by atoms with Crippen molar-refractivity contribution in [1.82, 2.24) is 9.62 Å². The van der Waals surface area contributed by atoms with Crippen molar-refractivity contribution in [2.24, 2.45) is 5.92 Å². The molecule has 1 heterocycles. The molecule has 1 saturated heterocycles. The van der Waals surface area contributed by atoms with Crippen LogP contribution in [0.3, 0.4) is 0 Å². The first-order valence-electron chi connectivity index (χ1n) is 10.5. The second-order valence-corrected chi connectivity index (χ2v) is 10.8. The van der Waals surface area contributed by atoms with Crippen molar-refractivity contribution in [2.45, 2.75) is 62.7 Å². The summed E-state index contributed by atoms with van der Waals surface area (Å²) in [5, 5.41) is 3.64. The Morgan fingerprint density at radius 2 is 1.58 bits per heavy atom. The van der Waals surface area contributed by atoms with Crippen LogP contribution in [0.2, 0.25) is 10.0 Å². The van der Waals surface area contributed by atoms with E-state index in [2.05, 4.69) is 5.32 Å².